The maximum absolute atomic E-state index is 6.29. The quantitative estimate of drug-likeness (QED) is 0.714. The van der Waals surface area contributed by atoms with Crippen LogP contribution in [0.2, 0.25) is 5.15 Å². The van der Waals surface area contributed by atoms with Crippen LogP contribution in [0.25, 0.3) is 10.2 Å². The summed E-state index contributed by atoms with van der Waals surface area (Å²) >= 11 is 8.00. The van der Waals surface area contributed by atoms with Gasteiger partial charge in [-0.1, -0.05) is 22.9 Å². The van der Waals surface area contributed by atoms with Gasteiger partial charge in [0.15, 0.2) is 10.9 Å². The molecule has 5 heterocycles. The molecule has 0 aromatic carbocycles. The molecule has 3 aliphatic heterocycles. The van der Waals surface area contributed by atoms with Gasteiger partial charge in [0.25, 0.3) is 0 Å². The fraction of sp³-hybridized carbons (Fsp3) is 0.647. The molecular formula is C17H22ClN5O2S. The zero-order valence-electron chi connectivity index (χ0n) is 14.7. The van der Waals surface area contributed by atoms with E-state index in [4.69, 9.17) is 26.1 Å². The number of pyridine rings is 1. The lowest BCUT2D eigenvalue weighted by Crippen LogP contribution is -2.71. The number of hydrogen-bond acceptors (Lipinski definition) is 8. The highest BCUT2D eigenvalue weighted by Gasteiger charge is 2.48. The largest absolute Gasteiger partial charge is 0.383 e. The van der Waals surface area contributed by atoms with Gasteiger partial charge in [0.2, 0.25) is 0 Å². The number of fused-ring (bicyclic) bond motifs is 2. The smallest absolute Gasteiger partial charge is 0.186 e. The molecule has 7 nitrogen and oxygen atoms in total. The fourth-order valence-corrected chi connectivity index (χ4v) is 5.11. The Morgan fingerprint density at radius 3 is 2.81 bits per heavy atom. The second-order valence-corrected chi connectivity index (χ2v) is 8.42. The summed E-state index contributed by atoms with van der Waals surface area (Å²) in [5, 5.41) is 1.61. The minimum absolute atomic E-state index is 0.365. The first kappa shape index (κ1) is 16.9. The predicted octanol–water partition coefficient (Wildman–Crippen LogP) is 1.70. The zero-order valence-corrected chi connectivity index (χ0v) is 16.3. The Hall–Kier alpha value is -1.19. The molecule has 2 atom stereocenters. The van der Waals surface area contributed by atoms with Crippen molar-refractivity contribution in [3.05, 3.63) is 11.2 Å². The average Bonchev–Trinajstić information content (AvgIpc) is 3.06. The van der Waals surface area contributed by atoms with Gasteiger partial charge in [-0.25, -0.2) is 9.97 Å². The number of halogens is 1. The number of anilines is 2. The van der Waals surface area contributed by atoms with Crippen molar-refractivity contribution in [2.75, 3.05) is 69.4 Å². The predicted molar refractivity (Wildman–Crippen MR) is 104 cm³/mol. The molecule has 0 bridgehead atoms. The molecule has 140 valence electrons. The summed E-state index contributed by atoms with van der Waals surface area (Å²) in [6, 6.07) is 2.38. The first-order valence-electron chi connectivity index (χ1n) is 9.04. The van der Waals surface area contributed by atoms with Crippen molar-refractivity contribution < 1.29 is 9.47 Å². The van der Waals surface area contributed by atoms with Crippen molar-refractivity contribution in [3.8, 4) is 0 Å². The lowest BCUT2D eigenvalue weighted by molar-refractivity contribution is -0.113. The fourth-order valence-electron chi connectivity index (χ4n) is 3.81. The number of morpholine rings is 1. The van der Waals surface area contributed by atoms with Crippen molar-refractivity contribution in [3.63, 3.8) is 0 Å². The molecule has 0 saturated carbocycles. The van der Waals surface area contributed by atoms with E-state index < -0.39 is 0 Å². The van der Waals surface area contributed by atoms with E-state index in [-0.39, 0.29) is 0 Å². The van der Waals surface area contributed by atoms with Crippen LogP contribution in [0, 0.1) is 0 Å². The SMILES string of the molecule is COCCN1CCN(c2nc3c(N4CC5OCC54)nc(Cl)cc3s2)CC1. The molecule has 0 N–H and O–H groups in total. The molecule has 26 heavy (non-hydrogen) atoms. The third kappa shape index (κ3) is 2.84. The number of hydrogen-bond donors (Lipinski definition) is 0. The van der Waals surface area contributed by atoms with Crippen LogP contribution in [-0.4, -0.2) is 86.6 Å². The van der Waals surface area contributed by atoms with Crippen LogP contribution in [-0.2, 0) is 9.47 Å². The van der Waals surface area contributed by atoms with Crippen molar-refractivity contribution in [1.29, 1.82) is 0 Å². The summed E-state index contributed by atoms with van der Waals surface area (Å²) < 4.78 is 11.8. The van der Waals surface area contributed by atoms with Crippen molar-refractivity contribution in [2.45, 2.75) is 12.1 Å². The Morgan fingerprint density at radius 1 is 1.31 bits per heavy atom. The minimum Gasteiger partial charge on any atom is -0.383 e. The summed E-state index contributed by atoms with van der Waals surface area (Å²) in [7, 11) is 1.75. The van der Waals surface area contributed by atoms with Crippen LogP contribution in [0.3, 0.4) is 0 Å². The van der Waals surface area contributed by atoms with Gasteiger partial charge in [-0.2, -0.15) is 0 Å². The van der Waals surface area contributed by atoms with E-state index in [2.05, 4.69) is 19.7 Å². The molecule has 3 saturated heterocycles. The lowest BCUT2D eigenvalue weighted by Gasteiger charge is -2.55. The van der Waals surface area contributed by atoms with E-state index in [0.717, 1.165) is 73.6 Å². The van der Waals surface area contributed by atoms with E-state index >= 15 is 0 Å². The first-order valence-corrected chi connectivity index (χ1v) is 10.2. The van der Waals surface area contributed by atoms with Gasteiger partial charge in [0, 0.05) is 46.4 Å². The molecule has 5 rings (SSSR count). The summed E-state index contributed by atoms with van der Waals surface area (Å²) in [5.41, 5.74) is 0.974. The molecule has 0 spiro atoms. The number of aromatic nitrogens is 2. The van der Waals surface area contributed by atoms with Gasteiger partial charge in [-0.3, -0.25) is 4.90 Å². The van der Waals surface area contributed by atoms with E-state index in [1.165, 1.54) is 0 Å². The van der Waals surface area contributed by atoms with Crippen molar-refractivity contribution in [2.24, 2.45) is 0 Å². The Kier molecular flexibility index (Phi) is 4.41. The number of ether oxygens (including phenoxy) is 2. The molecule has 2 aromatic heterocycles. The van der Waals surface area contributed by atoms with Crippen LogP contribution in [0.5, 0.6) is 0 Å². The zero-order chi connectivity index (χ0) is 17.7. The average molecular weight is 396 g/mol. The van der Waals surface area contributed by atoms with Crippen LogP contribution in [0.1, 0.15) is 0 Å². The van der Waals surface area contributed by atoms with Crippen LogP contribution in [0.4, 0.5) is 10.9 Å². The van der Waals surface area contributed by atoms with Crippen LogP contribution < -0.4 is 9.80 Å². The molecule has 3 aliphatic rings. The van der Waals surface area contributed by atoms with E-state index in [1.807, 2.05) is 6.07 Å². The third-order valence-corrected chi connectivity index (χ3v) is 6.79. The highest BCUT2D eigenvalue weighted by molar-refractivity contribution is 7.22. The molecule has 0 aliphatic carbocycles. The highest BCUT2D eigenvalue weighted by Crippen LogP contribution is 2.41. The van der Waals surface area contributed by atoms with Crippen molar-refractivity contribution in [1.82, 2.24) is 14.9 Å². The monoisotopic (exact) mass is 395 g/mol. The Bertz CT molecular complexity index is 810. The van der Waals surface area contributed by atoms with E-state index in [1.54, 1.807) is 18.4 Å². The molecule has 0 amide bonds. The van der Waals surface area contributed by atoms with E-state index in [0.29, 0.717) is 17.3 Å². The second-order valence-electron chi connectivity index (χ2n) is 7.02. The third-order valence-electron chi connectivity index (χ3n) is 5.53. The summed E-state index contributed by atoms with van der Waals surface area (Å²) in [5.74, 6) is 0.915. The summed E-state index contributed by atoms with van der Waals surface area (Å²) in [4.78, 5) is 16.6. The molecule has 2 aromatic rings. The number of piperazine rings is 1. The van der Waals surface area contributed by atoms with Crippen molar-refractivity contribution >= 4 is 44.1 Å². The van der Waals surface area contributed by atoms with Gasteiger partial charge in [0.05, 0.1) is 30.1 Å². The number of rotatable bonds is 5. The molecule has 9 heteroatoms. The normalized spacial score (nSPS) is 25.9. The Balaban J connectivity index is 1.37. The number of nitrogens with zero attached hydrogens (tertiary/aromatic N) is 5. The maximum Gasteiger partial charge on any atom is 0.186 e. The van der Waals surface area contributed by atoms with E-state index in [9.17, 15) is 0 Å². The summed E-state index contributed by atoms with van der Waals surface area (Å²) in [6.07, 6.45) is 0.365. The topological polar surface area (TPSA) is 54.0 Å². The first-order chi connectivity index (χ1) is 12.7. The Morgan fingerprint density at radius 2 is 2.15 bits per heavy atom. The molecule has 3 fully saturated rings. The standard InChI is InChI=1S/C17H22ClN5O2S/c1-24-7-6-21-2-4-22(5-3-21)17-20-15-13(26-17)8-14(18)19-16(15)23-9-12-11(23)10-25-12/h8,11-12H,2-7,9-10H2,1H3. The van der Waals surface area contributed by atoms with Crippen LogP contribution in [0.15, 0.2) is 6.07 Å². The highest BCUT2D eigenvalue weighted by atomic mass is 35.5. The van der Waals surface area contributed by atoms with Gasteiger partial charge in [-0.05, 0) is 6.07 Å². The van der Waals surface area contributed by atoms with Gasteiger partial charge in [-0.15, -0.1) is 0 Å². The van der Waals surface area contributed by atoms with Gasteiger partial charge in [0.1, 0.15) is 10.7 Å². The summed E-state index contributed by atoms with van der Waals surface area (Å²) in [6.45, 7) is 7.50. The van der Waals surface area contributed by atoms with Gasteiger partial charge >= 0.3 is 0 Å². The molecule has 2 unspecified atom stereocenters. The molecular weight excluding hydrogens is 374 g/mol. The minimum atomic E-state index is 0.365. The van der Waals surface area contributed by atoms with Gasteiger partial charge < -0.3 is 19.3 Å². The molecule has 0 radical (unpaired) electrons. The second kappa shape index (κ2) is 6.76. The Labute approximate surface area is 161 Å². The number of methoxy groups -OCH3 is 1. The lowest BCUT2D eigenvalue weighted by atomic mass is 9.95. The number of thiazole rings is 1. The maximum atomic E-state index is 6.29. The van der Waals surface area contributed by atoms with Crippen LogP contribution >= 0.6 is 22.9 Å².